The van der Waals surface area contributed by atoms with E-state index >= 15 is 0 Å². The molecule has 2 aliphatic rings. The number of carbonyl (C=O) groups excluding carboxylic acids is 3. The third kappa shape index (κ3) is 16.2. The number of carbonyl (C=O) groups is 3. The second-order valence-corrected chi connectivity index (χ2v) is 14.2. The van der Waals surface area contributed by atoms with Crippen molar-refractivity contribution in [3.63, 3.8) is 0 Å². The summed E-state index contributed by atoms with van der Waals surface area (Å²) in [4.78, 5) is 37.2. The first-order chi connectivity index (χ1) is 26.4. The number of hydrogen-bond acceptors (Lipinski definition) is 18. The second kappa shape index (κ2) is 27.5. The van der Waals surface area contributed by atoms with Crippen LogP contribution in [0.4, 0.5) is 0 Å². The SMILES string of the molecule is CC(=O)NCCSc1nonc1/C(Cl)=N/O.CC(=O)NCCSc1nonc1C(=NC1Cc2c(Cl)cccc21)NO.Cl.NC1Cc2c(Cl)cccc21.O=CO[O-].[Na+]. The van der Waals surface area contributed by atoms with Crippen LogP contribution in [0.1, 0.15) is 59.6 Å². The third-order valence-corrected chi connectivity index (χ3v) is 10.0. The number of fused-ring (bicyclic) bond motifs is 2. The molecule has 2 unspecified atom stereocenters. The minimum Gasteiger partial charge on any atom is -0.662 e. The topological polar surface area (TPSA) is 289 Å². The van der Waals surface area contributed by atoms with E-state index in [9.17, 15) is 14.8 Å². The average molecular weight is 921 g/mol. The number of benzene rings is 2. The standard InChI is InChI=1S/C15H16ClN5O3S.C8H8ClN.C7H9ClN4O3S.CH2O3.ClH.Na/c1-8(22)17-5-6-25-15-13(20-24-21-15)14(19-23)18-12-7-10-9(12)3-2-4-11(10)16;9-7-3-1-2-5-6(7)4-8(5)10;1-4(13)9-2-3-16-7-5(6(8)10-14)11-15-12-7;2-1-4-3;;/h2-4,12,23H,5-7H2,1H3,(H,17,22)(H,18,19);1-3,8H,4,10H2;14H,2-3H2,1H3,(H,9,13);1,3H;1H;/q;;;;;+1/p-1/b;;10-6-;;;. The molecule has 2 aromatic carbocycles. The Morgan fingerprint density at radius 3 is 1.89 bits per heavy atom. The van der Waals surface area contributed by atoms with Crippen molar-refractivity contribution < 1.29 is 73.8 Å². The molecule has 2 aliphatic carbocycles. The van der Waals surface area contributed by atoms with Crippen LogP contribution in [-0.4, -0.2) is 84.9 Å². The molecule has 0 saturated heterocycles. The van der Waals surface area contributed by atoms with Gasteiger partial charge in [0.05, 0.1) is 6.04 Å². The molecule has 6 rings (SSSR count). The van der Waals surface area contributed by atoms with E-state index in [1.807, 2.05) is 36.4 Å². The van der Waals surface area contributed by atoms with Crippen molar-refractivity contribution >= 4 is 100 Å². The summed E-state index contributed by atoms with van der Waals surface area (Å²) >= 11 is 20.2. The van der Waals surface area contributed by atoms with Gasteiger partial charge in [0.15, 0.2) is 32.4 Å². The molecule has 0 spiro atoms. The average Bonchev–Trinajstić information content (AvgIpc) is 3.83. The molecule has 57 heavy (non-hydrogen) atoms. The summed E-state index contributed by atoms with van der Waals surface area (Å²) in [5.74, 6) is 1.14. The number of rotatable bonds is 12. The van der Waals surface area contributed by atoms with Gasteiger partial charge in [0.25, 0.3) is 6.47 Å². The van der Waals surface area contributed by atoms with Crippen LogP contribution in [0.5, 0.6) is 0 Å². The van der Waals surface area contributed by atoms with Crippen LogP contribution >= 0.6 is 70.7 Å². The van der Waals surface area contributed by atoms with E-state index < -0.39 is 0 Å². The largest absolute Gasteiger partial charge is 1.00 e. The maximum absolute atomic E-state index is 10.9. The normalized spacial score (nSPS) is 14.5. The zero-order chi connectivity index (χ0) is 40.3. The van der Waals surface area contributed by atoms with E-state index in [-0.39, 0.29) is 89.0 Å². The van der Waals surface area contributed by atoms with E-state index in [4.69, 9.17) is 60.4 Å². The Bertz CT molecular complexity index is 1960. The summed E-state index contributed by atoms with van der Waals surface area (Å²) in [6.07, 6.45) is 1.63. The molecule has 0 bridgehead atoms. The van der Waals surface area contributed by atoms with Crippen LogP contribution in [0, 0.1) is 0 Å². The van der Waals surface area contributed by atoms with Gasteiger partial charge in [-0.25, -0.2) is 9.26 Å². The Balaban J connectivity index is 0.000000435. The minimum absolute atomic E-state index is 0. The van der Waals surface area contributed by atoms with Gasteiger partial charge in [-0.2, -0.15) is 0 Å². The fourth-order valence-electron chi connectivity index (χ4n) is 4.64. The van der Waals surface area contributed by atoms with E-state index in [1.165, 1.54) is 48.5 Å². The number of oxime groups is 1. The van der Waals surface area contributed by atoms with Gasteiger partial charge in [-0.3, -0.25) is 30.1 Å². The molecule has 0 radical (unpaired) electrons. The first kappa shape index (κ1) is 51.8. The van der Waals surface area contributed by atoms with Gasteiger partial charge in [-0.05, 0) is 61.4 Å². The van der Waals surface area contributed by atoms with Crippen molar-refractivity contribution in [2.75, 3.05) is 24.6 Å². The second-order valence-electron chi connectivity index (χ2n) is 10.8. The summed E-state index contributed by atoms with van der Waals surface area (Å²) in [5.41, 5.74) is 12.8. The zero-order valence-corrected chi connectivity index (χ0v) is 37.0. The maximum Gasteiger partial charge on any atom is 1.00 e. The fraction of sp³-hybridized carbons (Fsp3) is 0.323. The van der Waals surface area contributed by atoms with Crippen molar-refractivity contribution in [3.05, 3.63) is 80.1 Å². The molecule has 2 heterocycles. The molecule has 4 aromatic rings. The number of aliphatic imine (C=N–C) groups is 1. The summed E-state index contributed by atoms with van der Waals surface area (Å²) < 4.78 is 9.23. The van der Waals surface area contributed by atoms with Crippen LogP contribution in [0.25, 0.3) is 0 Å². The molecule has 19 nitrogen and oxygen atoms in total. The monoisotopic (exact) mass is 918 g/mol. The van der Waals surface area contributed by atoms with Crippen molar-refractivity contribution in [2.45, 2.75) is 48.8 Å². The third-order valence-electron chi connectivity index (χ3n) is 7.17. The van der Waals surface area contributed by atoms with Crippen LogP contribution in [0.3, 0.4) is 0 Å². The predicted molar refractivity (Wildman–Crippen MR) is 207 cm³/mol. The van der Waals surface area contributed by atoms with Gasteiger partial charge in [-0.15, -0.1) is 12.4 Å². The number of nitrogens with two attached hydrogens (primary N) is 1. The van der Waals surface area contributed by atoms with E-state index in [0.29, 0.717) is 46.8 Å². The summed E-state index contributed by atoms with van der Waals surface area (Å²) in [6, 6.07) is 11.7. The molecule has 0 saturated carbocycles. The predicted octanol–water partition coefficient (Wildman–Crippen LogP) is 0.403. The number of amidine groups is 1. The van der Waals surface area contributed by atoms with Crippen molar-refractivity contribution in [3.8, 4) is 0 Å². The van der Waals surface area contributed by atoms with Crippen molar-refractivity contribution in [2.24, 2.45) is 15.9 Å². The summed E-state index contributed by atoms with van der Waals surface area (Å²) in [5, 5.41) is 51.4. The van der Waals surface area contributed by atoms with E-state index in [0.717, 1.165) is 27.6 Å². The van der Waals surface area contributed by atoms with E-state index in [2.05, 4.69) is 56.4 Å². The Morgan fingerprint density at radius 1 is 0.947 bits per heavy atom. The van der Waals surface area contributed by atoms with Crippen LogP contribution in [0.2, 0.25) is 10.0 Å². The minimum atomic E-state index is -0.191. The fourth-order valence-corrected chi connectivity index (χ4v) is 6.85. The van der Waals surface area contributed by atoms with Gasteiger partial charge in [-0.1, -0.05) is 87.7 Å². The first-order valence-electron chi connectivity index (χ1n) is 15.7. The molecule has 2 aromatic heterocycles. The van der Waals surface area contributed by atoms with Gasteiger partial charge in [0.1, 0.15) is 0 Å². The molecule has 304 valence electrons. The Labute approximate surface area is 377 Å². The maximum atomic E-state index is 10.9. The van der Waals surface area contributed by atoms with Gasteiger partial charge in [0.2, 0.25) is 11.8 Å². The van der Waals surface area contributed by atoms with Crippen LogP contribution in [-0.2, 0) is 32.1 Å². The molecular formula is C31H35Cl4N10NaO9S2. The number of halogens is 4. The molecule has 0 fully saturated rings. The van der Waals surface area contributed by atoms with Crippen molar-refractivity contribution in [1.82, 2.24) is 36.7 Å². The van der Waals surface area contributed by atoms with Crippen LogP contribution in [0.15, 0.2) is 65.9 Å². The quantitative estimate of drug-likeness (QED) is 0.0129. The van der Waals surface area contributed by atoms with E-state index in [1.54, 1.807) is 0 Å². The molecule has 7 N–H and O–H groups in total. The molecular weight excluding hydrogens is 885 g/mol. The van der Waals surface area contributed by atoms with Crippen LogP contribution < -0.4 is 56.7 Å². The molecule has 0 aliphatic heterocycles. The number of nitrogens with zero attached hydrogens (tertiary/aromatic N) is 6. The smallest absolute Gasteiger partial charge is 0.662 e. The number of hydrogen-bond donors (Lipinski definition) is 6. The number of aromatic nitrogens is 4. The Kier molecular flexibility index (Phi) is 25.0. The summed E-state index contributed by atoms with van der Waals surface area (Å²) in [7, 11) is 0. The molecule has 26 heteroatoms. The summed E-state index contributed by atoms with van der Waals surface area (Å²) in [6.45, 7) is 3.68. The molecule has 2 atom stereocenters. The molecule has 2 amide bonds. The van der Waals surface area contributed by atoms with Gasteiger partial charge >= 0.3 is 29.6 Å². The number of hydroxylamine groups is 1. The number of amides is 2. The zero-order valence-electron chi connectivity index (χ0n) is 30.3. The van der Waals surface area contributed by atoms with Crippen molar-refractivity contribution in [1.29, 1.82) is 0 Å². The Hall–Kier alpha value is -3.19. The number of nitrogens with one attached hydrogen (secondary N) is 3. The number of thioether (sulfide) groups is 2. The first-order valence-corrected chi connectivity index (χ1v) is 18.8. The van der Waals surface area contributed by atoms with Gasteiger partial charge in [0, 0.05) is 61.0 Å². The van der Waals surface area contributed by atoms with Gasteiger partial charge < -0.3 is 31.7 Å². The Morgan fingerprint density at radius 2 is 1.44 bits per heavy atom.